The van der Waals surface area contributed by atoms with Crippen LogP contribution in [0, 0.1) is 17.8 Å². The third-order valence-electron chi connectivity index (χ3n) is 6.34. The molecule has 2 aliphatic rings. The molecule has 5 unspecified atom stereocenters. The first-order valence-corrected chi connectivity index (χ1v) is 9.61. The lowest BCUT2D eigenvalue weighted by molar-refractivity contribution is -0.133. The maximum atomic E-state index is 12.6. The Balaban J connectivity index is 1.42. The average Bonchev–Trinajstić information content (AvgIpc) is 3.09. The molecule has 6 nitrogen and oxygen atoms in total. The summed E-state index contributed by atoms with van der Waals surface area (Å²) in [5.74, 6) is 1.18. The van der Waals surface area contributed by atoms with Gasteiger partial charge in [-0.1, -0.05) is 13.8 Å². The normalized spacial score (nSPS) is 31.3. The van der Waals surface area contributed by atoms with Crippen LogP contribution in [0.4, 0.5) is 0 Å². The van der Waals surface area contributed by atoms with Crippen LogP contribution < -0.4 is 10.6 Å². The molecule has 0 spiro atoms. The van der Waals surface area contributed by atoms with E-state index in [2.05, 4.69) is 34.4 Å². The number of hydrogen-bond donors (Lipinski definition) is 3. The van der Waals surface area contributed by atoms with Crippen LogP contribution >= 0.6 is 0 Å². The minimum Gasteiger partial charge on any atom is -0.353 e. The van der Waals surface area contributed by atoms with Gasteiger partial charge in [-0.25, -0.2) is 4.98 Å². The first kappa shape index (κ1) is 17.1. The number of aromatic nitrogens is 2. The van der Waals surface area contributed by atoms with Crippen LogP contribution in [0.15, 0.2) is 24.5 Å². The Hall–Kier alpha value is -2.37. The average molecular weight is 354 g/mol. The molecule has 2 heterocycles. The molecule has 3 N–H and O–H groups in total. The number of fused-ring (bicyclic) bond motifs is 2. The minimum atomic E-state index is -0.0634. The van der Waals surface area contributed by atoms with Crippen molar-refractivity contribution in [3.05, 3.63) is 30.1 Å². The predicted octanol–water partition coefficient (Wildman–Crippen LogP) is 2.62. The summed E-state index contributed by atoms with van der Waals surface area (Å²) in [5, 5.41) is 6.37. The second-order valence-electron chi connectivity index (χ2n) is 7.77. The molecule has 5 atom stereocenters. The van der Waals surface area contributed by atoms with E-state index in [9.17, 15) is 9.59 Å². The number of H-pyrrole nitrogens is 1. The van der Waals surface area contributed by atoms with Gasteiger partial charge in [-0.3, -0.25) is 9.59 Å². The summed E-state index contributed by atoms with van der Waals surface area (Å²) in [7, 11) is 0. The summed E-state index contributed by atoms with van der Waals surface area (Å²) in [6, 6.07) is 5.77. The fourth-order valence-corrected chi connectivity index (χ4v) is 4.85. The Morgan fingerprint density at radius 3 is 3.00 bits per heavy atom. The summed E-state index contributed by atoms with van der Waals surface area (Å²) in [6.07, 6.45) is 5.36. The summed E-state index contributed by atoms with van der Waals surface area (Å²) in [5.41, 5.74) is 2.35. The first-order chi connectivity index (χ1) is 12.6. The van der Waals surface area contributed by atoms with Gasteiger partial charge in [0.25, 0.3) is 5.91 Å². The largest absolute Gasteiger partial charge is 0.353 e. The quantitative estimate of drug-likeness (QED) is 0.792. The van der Waals surface area contributed by atoms with Gasteiger partial charge in [-0.05, 0) is 55.7 Å². The lowest BCUT2D eigenvalue weighted by Gasteiger charge is -2.46. The van der Waals surface area contributed by atoms with Gasteiger partial charge in [0.05, 0.1) is 17.4 Å². The molecule has 138 valence electrons. The zero-order chi connectivity index (χ0) is 18.3. The van der Waals surface area contributed by atoms with Crippen molar-refractivity contribution in [3.8, 4) is 0 Å². The molecule has 1 aromatic heterocycles. The molecule has 0 bridgehead atoms. The Morgan fingerprint density at radius 1 is 1.35 bits per heavy atom. The molecular weight excluding hydrogens is 328 g/mol. The van der Waals surface area contributed by atoms with Gasteiger partial charge in [0.2, 0.25) is 5.91 Å². The van der Waals surface area contributed by atoms with Crippen molar-refractivity contribution in [1.29, 1.82) is 0 Å². The van der Waals surface area contributed by atoms with Gasteiger partial charge < -0.3 is 15.6 Å². The smallest absolute Gasteiger partial charge is 0.251 e. The SMILES string of the molecule is CCC1C(=O)NC2CC(NC(=O)c3ccc4nc[nH]c4c3)CCC2C1C. The molecule has 6 heteroatoms. The molecule has 1 aliphatic heterocycles. The van der Waals surface area contributed by atoms with Crippen LogP contribution in [-0.4, -0.2) is 33.9 Å². The highest BCUT2D eigenvalue weighted by atomic mass is 16.2. The van der Waals surface area contributed by atoms with Crippen LogP contribution in [0.2, 0.25) is 0 Å². The third-order valence-corrected chi connectivity index (χ3v) is 6.34. The van der Waals surface area contributed by atoms with E-state index in [1.807, 2.05) is 12.1 Å². The van der Waals surface area contributed by atoms with Gasteiger partial charge in [0.1, 0.15) is 0 Å². The van der Waals surface area contributed by atoms with Crippen molar-refractivity contribution < 1.29 is 9.59 Å². The lowest BCUT2D eigenvalue weighted by atomic mass is 9.67. The highest BCUT2D eigenvalue weighted by Crippen LogP contribution is 2.38. The molecule has 1 aliphatic carbocycles. The number of nitrogens with one attached hydrogen (secondary N) is 3. The summed E-state index contributed by atoms with van der Waals surface area (Å²) in [6.45, 7) is 4.30. The molecule has 1 aromatic carbocycles. The van der Waals surface area contributed by atoms with Crippen LogP contribution in [0.1, 0.15) is 49.9 Å². The van der Waals surface area contributed by atoms with Gasteiger partial charge in [0, 0.05) is 23.6 Å². The van der Waals surface area contributed by atoms with E-state index in [-0.39, 0.29) is 29.8 Å². The van der Waals surface area contributed by atoms with Gasteiger partial charge in [-0.15, -0.1) is 0 Å². The first-order valence-electron chi connectivity index (χ1n) is 9.61. The lowest BCUT2D eigenvalue weighted by Crippen LogP contribution is -2.58. The van der Waals surface area contributed by atoms with E-state index in [0.717, 1.165) is 36.7 Å². The molecule has 2 amide bonds. The number of nitrogens with zero attached hydrogens (tertiary/aromatic N) is 1. The molecule has 1 saturated heterocycles. The van der Waals surface area contributed by atoms with E-state index in [4.69, 9.17) is 0 Å². The van der Waals surface area contributed by atoms with Crippen molar-refractivity contribution in [2.24, 2.45) is 17.8 Å². The number of aromatic amines is 1. The van der Waals surface area contributed by atoms with E-state index in [0.29, 0.717) is 17.4 Å². The zero-order valence-electron chi connectivity index (χ0n) is 15.3. The van der Waals surface area contributed by atoms with E-state index >= 15 is 0 Å². The maximum absolute atomic E-state index is 12.6. The number of amides is 2. The molecule has 26 heavy (non-hydrogen) atoms. The van der Waals surface area contributed by atoms with Crippen LogP contribution in [0.3, 0.4) is 0 Å². The maximum Gasteiger partial charge on any atom is 0.251 e. The van der Waals surface area contributed by atoms with Crippen molar-refractivity contribution in [2.45, 2.75) is 51.6 Å². The van der Waals surface area contributed by atoms with E-state index in [1.54, 1.807) is 12.4 Å². The molecule has 4 rings (SSSR count). The standard InChI is InChI=1S/C20H26N4O2/c1-3-14-11(2)15-6-5-13(9-17(15)24-20(14)26)23-19(25)12-4-7-16-18(8-12)22-10-21-16/h4,7-8,10-11,13-15,17H,3,5-6,9H2,1-2H3,(H,21,22)(H,23,25)(H,24,26). The van der Waals surface area contributed by atoms with Crippen LogP contribution in [0.5, 0.6) is 0 Å². The van der Waals surface area contributed by atoms with Crippen molar-refractivity contribution in [1.82, 2.24) is 20.6 Å². The van der Waals surface area contributed by atoms with Crippen molar-refractivity contribution in [2.75, 3.05) is 0 Å². The number of hydrogen-bond acceptors (Lipinski definition) is 3. The topological polar surface area (TPSA) is 86.9 Å². The monoisotopic (exact) mass is 354 g/mol. The number of piperidine rings is 1. The molecule has 0 radical (unpaired) electrons. The number of carbonyl (C=O) groups is 2. The number of carbonyl (C=O) groups excluding carboxylic acids is 2. The van der Waals surface area contributed by atoms with Gasteiger partial charge in [-0.2, -0.15) is 0 Å². The summed E-state index contributed by atoms with van der Waals surface area (Å²) >= 11 is 0. The molecular formula is C20H26N4O2. The molecule has 2 fully saturated rings. The highest BCUT2D eigenvalue weighted by Gasteiger charge is 2.43. The van der Waals surface area contributed by atoms with Gasteiger partial charge >= 0.3 is 0 Å². The summed E-state index contributed by atoms with van der Waals surface area (Å²) in [4.78, 5) is 32.2. The van der Waals surface area contributed by atoms with Gasteiger partial charge in [0.15, 0.2) is 0 Å². The fraction of sp³-hybridized carbons (Fsp3) is 0.550. The highest BCUT2D eigenvalue weighted by molar-refractivity contribution is 5.97. The second-order valence-corrected chi connectivity index (χ2v) is 7.77. The Kier molecular flexibility index (Phi) is 4.42. The third kappa shape index (κ3) is 2.97. The second kappa shape index (κ2) is 6.74. The summed E-state index contributed by atoms with van der Waals surface area (Å²) < 4.78 is 0. The Labute approximate surface area is 153 Å². The predicted molar refractivity (Wildman–Crippen MR) is 99.6 cm³/mol. The number of rotatable bonds is 3. The molecule has 2 aromatic rings. The van der Waals surface area contributed by atoms with Crippen molar-refractivity contribution in [3.63, 3.8) is 0 Å². The van der Waals surface area contributed by atoms with Crippen molar-refractivity contribution >= 4 is 22.8 Å². The number of imidazole rings is 1. The Bertz CT molecular complexity index is 830. The van der Waals surface area contributed by atoms with E-state index < -0.39 is 0 Å². The Morgan fingerprint density at radius 2 is 2.19 bits per heavy atom. The number of benzene rings is 1. The minimum absolute atomic E-state index is 0.0634. The molecule has 1 saturated carbocycles. The van der Waals surface area contributed by atoms with Crippen LogP contribution in [0.25, 0.3) is 11.0 Å². The van der Waals surface area contributed by atoms with Crippen LogP contribution in [-0.2, 0) is 4.79 Å². The zero-order valence-corrected chi connectivity index (χ0v) is 15.3. The van der Waals surface area contributed by atoms with E-state index in [1.165, 1.54) is 0 Å². The fourth-order valence-electron chi connectivity index (χ4n) is 4.85.